The summed E-state index contributed by atoms with van der Waals surface area (Å²) in [5.41, 5.74) is 0. The van der Waals surface area contributed by atoms with Crippen molar-refractivity contribution >= 4 is 5.97 Å². The van der Waals surface area contributed by atoms with Crippen molar-refractivity contribution in [1.82, 2.24) is 0 Å². The number of rotatable bonds is 11. The predicted octanol–water partition coefficient (Wildman–Crippen LogP) is 4.88. The summed E-state index contributed by atoms with van der Waals surface area (Å²) in [6.45, 7) is 4.17. The summed E-state index contributed by atoms with van der Waals surface area (Å²) in [4.78, 5) is 11.2. The van der Waals surface area contributed by atoms with E-state index in [1.165, 1.54) is 52.1 Å². The Morgan fingerprint density at radius 3 is 2.28 bits per heavy atom. The Balaban J connectivity index is 3.25. The van der Waals surface area contributed by atoms with Crippen LogP contribution in [0.5, 0.6) is 0 Å². The molecule has 0 heterocycles. The van der Waals surface area contributed by atoms with Gasteiger partial charge in [-0.2, -0.15) is 0 Å². The molecule has 106 valence electrons. The molecular formula is C16H30O2. The molecule has 0 aromatic rings. The Morgan fingerprint density at radius 1 is 1.06 bits per heavy atom. The third-order valence-corrected chi connectivity index (χ3v) is 3.25. The highest BCUT2D eigenvalue weighted by atomic mass is 16.5. The topological polar surface area (TPSA) is 26.3 Å². The molecule has 18 heavy (non-hydrogen) atoms. The molecule has 0 saturated heterocycles. The number of allylic oxidation sites excluding steroid dienone is 2. The lowest BCUT2D eigenvalue weighted by Gasteiger charge is -2.07. The molecule has 0 rings (SSSR count). The van der Waals surface area contributed by atoms with E-state index in [1.54, 1.807) is 0 Å². The van der Waals surface area contributed by atoms with Crippen LogP contribution in [0.15, 0.2) is 12.2 Å². The van der Waals surface area contributed by atoms with E-state index < -0.39 is 0 Å². The van der Waals surface area contributed by atoms with Crippen LogP contribution in [0.4, 0.5) is 0 Å². The van der Waals surface area contributed by atoms with Gasteiger partial charge in [0.25, 0.3) is 0 Å². The highest BCUT2D eigenvalue weighted by molar-refractivity contribution is 5.71. The first kappa shape index (κ1) is 17.2. The molecule has 0 amide bonds. The summed E-state index contributed by atoms with van der Waals surface area (Å²) in [6.07, 6.45) is 15.5. The Bertz CT molecular complexity index is 221. The van der Waals surface area contributed by atoms with Crippen molar-refractivity contribution in [2.75, 3.05) is 7.11 Å². The minimum atomic E-state index is -0.0751. The summed E-state index contributed by atoms with van der Waals surface area (Å²) >= 11 is 0. The predicted molar refractivity (Wildman–Crippen MR) is 77.5 cm³/mol. The zero-order valence-electron chi connectivity index (χ0n) is 12.4. The summed E-state index contributed by atoms with van der Waals surface area (Å²) in [5.74, 6) is -0.0159. The van der Waals surface area contributed by atoms with Crippen LogP contribution in [0.25, 0.3) is 0 Å². The van der Waals surface area contributed by atoms with E-state index in [0.717, 1.165) is 12.8 Å². The van der Waals surface area contributed by atoms with Gasteiger partial charge in [-0.05, 0) is 25.7 Å². The second-order valence-electron chi connectivity index (χ2n) is 5.03. The van der Waals surface area contributed by atoms with Crippen molar-refractivity contribution in [1.29, 1.82) is 0 Å². The Hall–Kier alpha value is -0.790. The fourth-order valence-corrected chi connectivity index (χ4v) is 1.94. The number of ether oxygens (including phenoxy) is 1. The smallest absolute Gasteiger partial charge is 0.308 e. The number of hydrogen-bond donors (Lipinski definition) is 0. The molecule has 1 atom stereocenters. The molecular weight excluding hydrogens is 224 g/mol. The number of esters is 1. The third-order valence-electron chi connectivity index (χ3n) is 3.25. The molecule has 0 fully saturated rings. The van der Waals surface area contributed by atoms with Gasteiger partial charge in [-0.15, -0.1) is 0 Å². The number of unbranched alkanes of at least 4 members (excludes halogenated alkanes) is 6. The molecule has 0 saturated carbocycles. The number of carbonyl (C=O) groups is 1. The van der Waals surface area contributed by atoms with Crippen molar-refractivity contribution < 1.29 is 9.53 Å². The van der Waals surface area contributed by atoms with Crippen molar-refractivity contribution in [3.63, 3.8) is 0 Å². The molecule has 0 aliphatic rings. The van der Waals surface area contributed by atoms with Crippen molar-refractivity contribution in [2.24, 2.45) is 5.92 Å². The molecule has 0 aromatic carbocycles. The van der Waals surface area contributed by atoms with E-state index in [0.29, 0.717) is 0 Å². The Kier molecular flexibility index (Phi) is 12.1. The monoisotopic (exact) mass is 254 g/mol. The van der Waals surface area contributed by atoms with Crippen LogP contribution in [0.1, 0.15) is 71.6 Å². The van der Waals surface area contributed by atoms with Crippen LogP contribution < -0.4 is 0 Å². The molecule has 0 spiro atoms. The van der Waals surface area contributed by atoms with Gasteiger partial charge in [-0.25, -0.2) is 0 Å². The number of methoxy groups -OCH3 is 1. The Morgan fingerprint density at radius 2 is 1.67 bits per heavy atom. The molecule has 0 bridgehead atoms. The first-order chi connectivity index (χ1) is 8.72. The van der Waals surface area contributed by atoms with E-state index in [4.69, 9.17) is 4.74 Å². The van der Waals surface area contributed by atoms with E-state index in [2.05, 4.69) is 19.1 Å². The van der Waals surface area contributed by atoms with Crippen LogP contribution in [0.2, 0.25) is 0 Å². The van der Waals surface area contributed by atoms with Crippen LogP contribution in [-0.4, -0.2) is 13.1 Å². The van der Waals surface area contributed by atoms with Crippen LogP contribution in [-0.2, 0) is 9.53 Å². The molecule has 0 aromatic heterocycles. The summed E-state index contributed by atoms with van der Waals surface area (Å²) in [6, 6.07) is 0. The van der Waals surface area contributed by atoms with Gasteiger partial charge < -0.3 is 4.74 Å². The second-order valence-corrected chi connectivity index (χ2v) is 5.03. The van der Waals surface area contributed by atoms with E-state index >= 15 is 0 Å². The third kappa shape index (κ3) is 10.4. The van der Waals surface area contributed by atoms with Crippen LogP contribution >= 0.6 is 0 Å². The average molecular weight is 254 g/mol. The zero-order valence-corrected chi connectivity index (χ0v) is 12.4. The van der Waals surface area contributed by atoms with Crippen molar-refractivity contribution in [2.45, 2.75) is 71.6 Å². The van der Waals surface area contributed by atoms with Gasteiger partial charge in [-0.1, -0.05) is 58.1 Å². The normalized spacial score (nSPS) is 12.8. The standard InChI is InChI=1S/C16H30O2/c1-4-5-6-7-8-9-10-11-12-13-14-15(2)16(17)18-3/h7-8,15H,4-6,9-14H2,1-3H3/b8-7+. The summed E-state index contributed by atoms with van der Waals surface area (Å²) in [7, 11) is 1.46. The van der Waals surface area contributed by atoms with Gasteiger partial charge in [0, 0.05) is 0 Å². The quantitative estimate of drug-likeness (QED) is 0.298. The lowest BCUT2D eigenvalue weighted by molar-refractivity contribution is -0.145. The first-order valence-electron chi connectivity index (χ1n) is 7.45. The fraction of sp³-hybridized carbons (Fsp3) is 0.812. The molecule has 0 radical (unpaired) electrons. The SMILES string of the molecule is CCCC/C=C/CCCCCCC(C)C(=O)OC. The van der Waals surface area contributed by atoms with Crippen molar-refractivity contribution in [3.05, 3.63) is 12.2 Å². The van der Waals surface area contributed by atoms with Gasteiger partial charge in [-0.3, -0.25) is 4.79 Å². The maximum absolute atomic E-state index is 11.2. The first-order valence-corrected chi connectivity index (χ1v) is 7.45. The Labute approximate surface area is 113 Å². The second kappa shape index (κ2) is 12.7. The molecule has 0 aliphatic carbocycles. The van der Waals surface area contributed by atoms with Crippen molar-refractivity contribution in [3.8, 4) is 0 Å². The maximum atomic E-state index is 11.2. The molecule has 1 unspecified atom stereocenters. The minimum absolute atomic E-state index is 0.0592. The highest BCUT2D eigenvalue weighted by Crippen LogP contribution is 2.12. The van der Waals surface area contributed by atoms with Crippen LogP contribution in [0.3, 0.4) is 0 Å². The lowest BCUT2D eigenvalue weighted by atomic mass is 10.0. The van der Waals surface area contributed by atoms with Crippen LogP contribution in [0, 0.1) is 5.92 Å². The van der Waals surface area contributed by atoms with Gasteiger partial charge in [0.2, 0.25) is 0 Å². The molecule has 0 N–H and O–H groups in total. The molecule has 0 aliphatic heterocycles. The molecule has 2 heteroatoms. The van der Waals surface area contributed by atoms with Gasteiger partial charge in [0.15, 0.2) is 0 Å². The number of hydrogen-bond acceptors (Lipinski definition) is 2. The fourth-order valence-electron chi connectivity index (χ4n) is 1.94. The van der Waals surface area contributed by atoms with Gasteiger partial charge in [0.1, 0.15) is 0 Å². The van der Waals surface area contributed by atoms with E-state index in [1.807, 2.05) is 6.92 Å². The van der Waals surface area contributed by atoms with Gasteiger partial charge in [0.05, 0.1) is 13.0 Å². The average Bonchev–Trinajstić information content (AvgIpc) is 2.39. The van der Waals surface area contributed by atoms with Gasteiger partial charge >= 0.3 is 5.97 Å². The largest absolute Gasteiger partial charge is 0.469 e. The van der Waals surface area contributed by atoms with E-state index in [-0.39, 0.29) is 11.9 Å². The highest BCUT2D eigenvalue weighted by Gasteiger charge is 2.11. The minimum Gasteiger partial charge on any atom is -0.469 e. The summed E-state index contributed by atoms with van der Waals surface area (Å²) in [5, 5.41) is 0. The van der Waals surface area contributed by atoms with E-state index in [9.17, 15) is 4.79 Å². The number of carbonyl (C=O) groups excluding carboxylic acids is 1. The molecule has 2 nitrogen and oxygen atoms in total. The summed E-state index contributed by atoms with van der Waals surface area (Å²) < 4.78 is 4.71. The zero-order chi connectivity index (χ0) is 13.6. The lowest BCUT2D eigenvalue weighted by Crippen LogP contribution is -2.12. The maximum Gasteiger partial charge on any atom is 0.308 e.